The zero-order chi connectivity index (χ0) is 23.8. The summed E-state index contributed by atoms with van der Waals surface area (Å²) in [4.78, 5) is 25.5. The summed E-state index contributed by atoms with van der Waals surface area (Å²) in [5, 5.41) is 5.65. The van der Waals surface area contributed by atoms with Gasteiger partial charge < -0.3 is 26.0 Å². The van der Waals surface area contributed by atoms with Crippen molar-refractivity contribution < 1.29 is 18.7 Å². The molecule has 0 unspecified atom stereocenters. The Hall–Kier alpha value is -3.65. The Balaban J connectivity index is 1.67. The highest BCUT2D eigenvalue weighted by molar-refractivity contribution is 5.95. The SMILES string of the molecule is COC[C@H]1CCCN1C(=O)c1ccc(N/C=C(N)/C(C)=C/c2cc(F)ccc2NC=O)cc1. The largest absolute Gasteiger partial charge is 0.397 e. The van der Waals surface area contributed by atoms with Crippen LogP contribution in [0.15, 0.2) is 59.9 Å². The number of carbonyl (C=O) groups excluding carboxylic acids is 2. The van der Waals surface area contributed by atoms with Crippen molar-refractivity contribution in [2.45, 2.75) is 25.8 Å². The molecule has 174 valence electrons. The van der Waals surface area contributed by atoms with Crippen LogP contribution in [0.1, 0.15) is 35.7 Å². The number of benzene rings is 2. The summed E-state index contributed by atoms with van der Waals surface area (Å²) in [5.74, 6) is -0.409. The number of carbonyl (C=O) groups is 2. The molecule has 0 radical (unpaired) electrons. The summed E-state index contributed by atoms with van der Waals surface area (Å²) in [6, 6.07) is 11.4. The molecular formula is C25H29FN4O3. The summed E-state index contributed by atoms with van der Waals surface area (Å²) in [6.45, 7) is 3.08. The molecule has 33 heavy (non-hydrogen) atoms. The van der Waals surface area contributed by atoms with Crippen LogP contribution in [0.5, 0.6) is 0 Å². The number of amides is 2. The number of likely N-dealkylation sites (tertiary alicyclic amines) is 1. The number of hydrogen-bond donors (Lipinski definition) is 3. The van der Waals surface area contributed by atoms with Crippen LogP contribution in [-0.4, -0.2) is 43.5 Å². The van der Waals surface area contributed by atoms with Crippen LogP contribution in [0.25, 0.3) is 6.08 Å². The van der Waals surface area contributed by atoms with Crippen LogP contribution in [0, 0.1) is 5.82 Å². The maximum atomic E-state index is 13.6. The van der Waals surface area contributed by atoms with Crippen LogP contribution < -0.4 is 16.4 Å². The van der Waals surface area contributed by atoms with E-state index in [1.54, 1.807) is 38.4 Å². The van der Waals surface area contributed by atoms with Crippen molar-refractivity contribution in [3.63, 3.8) is 0 Å². The Morgan fingerprint density at radius 2 is 2.00 bits per heavy atom. The molecule has 4 N–H and O–H groups in total. The number of nitrogens with two attached hydrogens (primary N) is 1. The maximum Gasteiger partial charge on any atom is 0.254 e. The Kier molecular flexibility index (Phi) is 8.21. The van der Waals surface area contributed by atoms with E-state index in [-0.39, 0.29) is 11.9 Å². The second-order valence-electron chi connectivity index (χ2n) is 7.89. The van der Waals surface area contributed by atoms with Gasteiger partial charge in [-0.3, -0.25) is 9.59 Å². The lowest BCUT2D eigenvalue weighted by Crippen LogP contribution is -2.38. The van der Waals surface area contributed by atoms with E-state index in [0.717, 1.165) is 25.1 Å². The van der Waals surface area contributed by atoms with Gasteiger partial charge in [-0.15, -0.1) is 0 Å². The van der Waals surface area contributed by atoms with Crippen molar-refractivity contribution in [3.05, 3.63) is 76.9 Å². The van der Waals surface area contributed by atoms with Gasteiger partial charge in [-0.1, -0.05) is 0 Å². The monoisotopic (exact) mass is 452 g/mol. The molecule has 0 spiro atoms. The van der Waals surface area contributed by atoms with Crippen LogP contribution in [0.2, 0.25) is 0 Å². The smallest absolute Gasteiger partial charge is 0.254 e. The van der Waals surface area contributed by atoms with Gasteiger partial charge in [0.2, 0.25) is 6.41 Å². The van der Waals surface area contributed by atoms with E-state index in [4.69, 9.17) is 10.5 Å². The Bertz CT molecular complexity index is 1050. The lowest BCUT2D eigenvalue weighted by molar-refractivity contribution is -0.105. The number of halogens is 1. The van der Waals surface area contributed by atoms with Gasteiger partial charge in [0.05, 0.1) is 18.3 Å². The molecule has 0 saturated carbocycles. The van der Waals surface area contributed by atoms with Crippen molar-refractivity contribution in [2.24, 2.45) is 5.73 Å². The zero-order valence-electron chi connectivity index (χ0n) is 18.8. The molecule has 2 aromatic carbocycles. The molecule has 2 aromatic rings. The fourth-order valence-corrected chi connectivity index (χ4v) is 3.78. The first-order valence-electron chi connectivity index (χ1n) is 10.7. The molecule has 0 aliphatic carbocycles. The van der Waals surface area contributed by atoms with E-state index < -0.39 is 5.82 Å². The van der Waals surface area contributed by atoms with Gasteiger partial charge in [-0.05, 0) is 73.9 Å². The van der Waals surface area contributed by atoms with E-state index in [1.807, 2.05) is 17.0 Å². The maximum absolute atomic E-state index is 13.6. The second kappa shape index (κ2) is 11.3. The first-order valence-corrected chi connectivity index (χ1v) is 10.7. The Morgan fingerprint density at radius 3 is 2.70 bits per heavy atom. The molecule has 0 bridgehead atoms. The van der Waals surface area contributed by atoms with E-state index in [1.165, 1.54) is 18.2 Å². The molecule has 2 amide bonds. The highest BCUT2D eigenvalue weighted by Gasteiger charge is 2.29. The molecule has 1 heterocycles. The lowest BCUT2D eigenvalue weighted by Gasteiger charge is -2.24. The van der Waals surface area contributed by atoms with Gasteiger partial charge in [0.15, 0.2) is 0 Å². The number of hydrogen-bond acceptors (Lipinski definition) is 5. The number of anilines is 2. The third-order valence-electron chi connectivity index (χ3n) is 5.58. The molecule has 1 saturated heterocycles. The molecule has 0 aromatic heterocycles. The van der Waals surface area contributed by atoms with Crippen molar-refractivity contribution in [1.82, 2.24) is 4.90 Å². The van der Waals surface area contributed by atoms with E-state index in [0.29, 0.717) is 41.1 Å². The van der Waals surface area contributed by atoms with Crippen LogP contribution in [0.4, 0.5) is 15.8 Å². The fraction of sp³-hybridized carbons (Fsp3) is 0.280. The number of methoxy groups -OCH3 is 1. The standard InChI is InChI=1S/C25H29FN4O3/c1-17(12-19-13-20(26)7-10-24(19)29-16-31)23(27)14-28-21-8-5-18(6-9-21)25(32)30-11-3-4-22(30)15-33-2/h5-10,12-14,16,22,28H,3-4,11,15,27H2,1-2H3,(H,29,31)/b17-12+,23-14-/t22-/m1/s1. The molecule has 1 aliphatic heterocycles. The van der Waals surface area contributed by atoms with Crippen molar-refractivity contribution >= 4 is 29.8 Å². The summed E-state index contributed by atoms with van der Waals surface area (Å²) >= 11 is 0. The van der Waals surface area contributed by atoms with Gasteiger partial charge in [0, 0.05) is 42.4 Å². The van der Waals surface area contributed by atoms with Crippen LogP contribution in [0.3, 0.4) is 0 Å². The minimum atomic E-state index is -0.414. The molecular weight excluding hydrogens is 423 g/mol. The highest BCUT2D eigenvalue weighted by atomic mass is 19.1. The molecule has 1 fully saturated rings. The molecule has 8 heteroatoms. The Morgan fingerprint density at radius 1 is 1.24 bits per heavy atom. The first kappa shape index (κ1) is 24.0. The van der Waals surface area contributed by atoms with Crippen LogP contribution >= 0.6 is 0 Å². The average Bonchev–Trinajstić information content (AvgIpc) is 3.27. The lowest BCUT2D eigenvalue weighted by atomic mass is 10.1. The quantitative estimate of drug-likeness (QED) is 0.395. The number of rotatable bonds is 9. The van der Waals surface area contributed by atoms with Gasteiger partial charge in [0.1, 0.15) is 5.82 Å². The number of nitrogens with zero attached hydrogens (tertiary/aromatic N) is 1. The summed E-state index contributed by atoms with van der Waals surface area (Å²) in [6.07, 6.45) is 5.80. The van der Waals surface area contributed by atoms with Crippen molar-refractivity contribution in [3.8, 4) is 0 Å². The van der Waals surface area contributed by atoms with Gasteiger partial charge in [0.25, 0.3) is 5.91 Å². The van der Waals surface area contributed by atoms with Gasteiger partial charge in [-0.2, -0.15) is 0 Å². The Labute approximate surface area is 193 Å². The third kappa shape index (κ3) is 6.20. The first-order chi connectivity index (χ1) is 15.9. The highest BCUT2D eigenvalue weighted by Crippen LogP contribution is 2.23. The summed E-state index contributed by atoms with van der Waals surface area (Å²) in [5.41, 5.74) is 9.66. The summed E-state index contributed by atoms with van der Waals surface area (Å²) < 4.78 is 18.9. The van der Waals surface area contributed by atoms with E-state index >= 15 is 0 Å². The van der Waals surface area contributed by atoms with E-state index in [2.05, 4.69) is 10.6 Å². The van der Waals surface area contributed by atoms with Gasteiger partial charge in [-0.25, -0.2) is 4.39 Å². The van der Waals surface area contributed by atoms with Gasteiger partial charge >= 0.3 is 0 Å². The number of nitrogens with one attached hydrogen (secondary N) is 2. The normalized spacial score (nSPS) is 16.6. The third-order valence-corrected chi connectivity index (χ3v) is 5.58. The van der Waals surface area contributed by atoms with Crippen molar-refractivity contribution in [2.75, 3.05) is 30.9 Å². The predicted octanol–water partition coefficient (Wildman–Crippen LogP) is 3.96. The number of ether oxygens (including phenoxy) is 1. The minimum Gasteiger partial charge on any atom is -0.397 e. The second-order valence-corrected chi connectivity index (χ2v) is 7.89. The van der Waals surface area contributed by atoms with E-state index in [9.17, 15) is 14.0 Å². The van der Waals surface area contributed by atoms with Crippen molar-refractivity contribution in [1.29, 1.82) is 0 Å². The topological polar surface area (TPSA) is 96.7 Å². The molecule has 1 atom stereocenters. The average molecular weight is 453 g/mol. The predicted molar refractivity (Wildman–Crippen MR) is 128 cm³/mol. The summed E-state index contributed by atoms with van der Waals surface area (Å²) in [7, 11) is 1.65. The molecule has 7 nitrogen and oxygen atoms in total. The zero-order valence-corrected chi connectivity index (χ0v) is 18.8. The van der Waals surface area contributed by atoms with Crippen LogP contribution in [-0.2, 0) is 9.53 Å². The molecule has 1 aliphatic rings. The number of allylic oxidation sites excluding steroid dienone is 1. The minimum absolute atomic E-state index is 0.00441. The fourth-order valence-electron chi connectivity index (χ4n) is 3.78. The molecule has 3 rings (SSSR count).